The number of carbonyl (C=O) groups excluding carboxylic acids is 1. The largest absolute Gasteiger partial charge is 0.461 e. The lowest BCUT2D eigenvalue weighted by molar-refractivity contribution is 0.0944. The molecule has 1 N–H and O–H groups in total. The molecule has 3 heterocycles. The van der Waals surface area contributed by atoms with E-state index in [0.717, 1.165) is 16.3 Å². The minimum atomic E-state index is -0.149. The van der Waals surface area contributed by atoms with Gasteiger partial charge in [-0.25, -0.2) is 4.98 Å². The third kappa shape index (κ3) is 5.06. The van der Waals surface area contributed by atoms with E-state index in [0.29, 0.717) is 45.7 Å². The number of nitrogens with one attached hydrogen (secondary N) is 1. The van der Waals surface area contributed by atoms with Crippen LogP contribution in [0.15, 0.2) is 51.5 Å². The van der Waals surface area contributed by atoms with E-state index in [1.54, 1.807) is 11.6 Å². The zero-order valence-electron chi connectivity index (χ0n) is 17.8. The van der Waals surface area contributed by atoms with Crippen molar-refractivity contribution in [2.75, 3.05) is 6.54 Å². The molecule has 0 saturated heterocycles. The van der Waals surface area contributed by atoms with Crippen LogP contribution < -0.4 is 5.32 Å². The maximum atomic E-state index is 12.3. The number of nitrogens with zero attached hydrogens (tertiary/aromatic N) is 4. The molecule has 166 valence electrons. The van der Waals surface area contributed by atoms with Crippen LogP contribution in [0.4, 0.5) is 0 Å². The van der Waals surface area contributed by atoms with Crippen LogP contribution in [0.1, 0.15) is 34.9 Å². The van der Waals surface area contributed by atoms with E-state index in [9.17, 15) is 4.79 Å². The molecule has 0 aliphatic heterocycles. The fraction of sp³-hybridized carbons (Fsp3) is 0.273. The zero-order valence-corrected chi connectivity index (χ0v) is 20.2. The molecule has 4 rings (SSSR count). The number of benzene rings is 1. The summed E-state index contributed by atoms with van der Waals surface area (Å²) in [7, 11) is 0. The third-order valence-corrected chi connectivity index (χ3v) is 6.77. The molecule has 0 fully saturated rings. The first-order valence-electron chi connectivity index (χ1n) is 10.0. The number of hydrogen-bond donors (Lipinski definition) is 1. The number of furan rings is 1. The van der Waals surface area contributed by atoms with Crippen LogP contribution in [-0.2, 0) is 5.75 Å². The van der Waals surface area contributed by atoms with Crippen molar-refractivity contribution in [1.29, 1.82) is 0 Å². The molecular formula is C22H22ClN5O2S2. The van der Waals surface area contributed by atoms with Crippen molar-refractivity contribution in [3.63, 3.8) is 0 Å². The standard InChI is InChI=1S/C22H22ClN5O2S2/c1-13(2)10-24-21(29)16-11-31-19(25-16)12-32-22-27-26-20(18-5-4-8-30-18)28(22)17-9-15(23)7-6-14(17)3/h4-9,11,13H,10,12H2,1-3H3,(H,24,29). The fourth-order valence-corrected chi connectivity index (χ4v) is 4.87. The average molecular weight is 488 g/mol. The van der Waals surface area contributed by atoms with E-state index in [1.807, 2.05) is 41.8 Å². The topological polar surface area (TPSA) is 85.8 Å². The maximum Gasteiger partial charge on any atom is 0.270 e. The van der Waals surface area contributed by atoms with Gasteiger partial charge < -0.3 is 9.73 Å². The number of amides is 1. The lowest BCUT2D eigenvalue weighted by atomic mass is 10.2. The SMILES string of the molecule is Cc1ccc(Cl)cc1-n1c(SCc2nc(C(=O)NCC(C)C)cs2)nnc1-c1ccco1. The smallest absolute Gasteiger partial charge is 0.270 e. The van der Waals surface area contributed by atoms with Crippen LogP contribution in [-0.4, -0.2) is 32.2 Å². The Morgan fingerprint density at radius 2 is 2.16 bits per heavy atom. The molecular weight excluding hydrogens is 466 g/mol. The molecule has 0 spiro atoms. The highest BCUT2D eigenvalue weighted by atomic mass is 35.5. The first-order valence-corrected chi connectivity index (χ1v) is 12.3. The molecule has 0 unspecified atom stereocenters. The number of thiazole rings is 1. The van der Waals surface area contributed by atoms with Crippen LogP contribution in [0, 0.1) is 12.8 Å². The van der Waals surface area contributed by atoms with Gasteiger partial charge in [0.15, 0.2) is 10.9 Å². The number of hydrogen-bond acceptors (Lipinski definition) is 7. The van der Waals surface area contributed by atoms with Gasteiger partial charge in [0.05, 0.1) is 17.7 Å². The Labute approximate surface area is 199 Å². The summed E-state index contributed by atoms with van der Waals surface area (Å²) >= 11 is 9.23. The molecule has 3 aromatic heterocycles. The number of aryl methyl sites for hydroxylation is 1. The van der Waals surface area contributed by atoms with E-state index < -0.39 is 0 Å². The van der Waals surface area contributed by atoms with Gasteiger partial charge in [-0.2, -0.15) is 0 Å². The van der Waals surface area contributed by atoms with Crippen molar-refractivity contribution in [3.8, 4) is 17.3 Å². The van der Waals surface area contributed by atoms with Crippen LogP contribution in [0.2, 0.25) is 5.02 Å². The molecule has 0 aliphatic carbocycles. The van der Waals surface area contributed by atoms with Gasteiger partial charge in [0.25, 0.3) is 5.91 Å². The van der Waals surface area contributed by atoms with Crippen LogP contribution in [0.25, 0.3) is 17.3 Å². The first-order chi connectivity index (χ1) is 15.4. The Morgan fingerprint density at radius 3 is 2.91 bits per heavy atom. The van der Waals surface area contributed by atoms with Gasteiger partial charge >= 0.3 is 0 Å². The van der Waals surface area contributed by atoms with Gasteiger partial charge in [0, 0.05) is 16.9 Å². The van der Waals surface area contributed by atoms with Crippen molar-refractivity contribution >= 4 is 40.6 Å². The Morgan fingerprint density at radius 1 is 1.31 bits per heavy atom. The van der Waals surface area contributed by atoms with Gasteiger partial charge in [-0.15, -0.1) is 21.5 Å². The monoisotopic (exact) mass is 487 g/mol. The lowest BCUT2D eigenvalue weighted by Gasteiger charge is -2.12. The van der Waals surface area contributed by atoms with E-state index in [-0.39, 0.29) is 5.91 Å². The Kier molecular flexibility index (Phi) is 6.98. The van der Waals surface area contributed by atoms with Crippen LogP contribution in [0.3, 0.4) is 0 Å². The molecule has 1 amide bonds. The summed E-state index contributed by atoms with van der Waals surface area (Å²) in [5.74, 6) is 2.00. The molecule has 4 aromatic rings. The minimum absolute atomic E-state index is 0.149. The fourth-order valence-electron chi connectivity index (χ4n) is 2.96. The second-order valence-corrected chi connectivity index (χ2v) is 9.89. The normalized spacial score (nSPS) is 11.3. The Hall–Kier alpha value is -2.62. The number of aromatic nitrogens is 4. The molecule has 0 bridgehead atoms. The van der Waals surface area contributed by atoms with Crippen molar-refractivity contribution in [3.05, 3.63) is 63.3 Å². The summed E-state index contributed by atoms with van der Waals surface area (Å²) in [6, 6.07) is 9.36. The van der Waals surface area contributed by atoms with Crippen molar-refractivity contribution in [1.82, 2.24) is 25.1 Å². The molecule has 0 saturated carbocycles. The summed E-state index contributed by atoms with van der Waals surface area (Å²) in [6.07, 6.45) is 1.60. The molecule has 10 heteroatoms. The van der Waals surface area contributed by atoms with Gasteiger partial charge in [-0.3, -0.25) is 9.36 Å². The summed E-state index contributed by atoms with van der Waals surface area (Å²) < 4.78 is 7.52. The van der Waals surface area contributed by atoms with Gasteiger partial charge in [-0.1, -0.05) is 43.3 Å². The highest BCUT2D eigenvalue weighted by molar-refractivity contribution is 7.98. The Balaban J connectivity index is 1.59. The number of thioether (sulfide) groups is 1. The van der Waals surface area contributed by atoms with Crippen molar-refractivity contribution in [2.24, 2.45) is 5.92 Å². The lowest BCUT2D eigenvalue weighted by Crippen LogP contribution is -2.27. The van der Waals surface area contributed by atoms with E-state index in [2.05, 4.69) is 34.3 Å². The summed E-state index contributed by atoms with van der Waals surface area (Å²) in [4.78, 5) is 16.7. The molecule has 1 aromatic carbocycles. The Bertz CT molecular complexity index is 1220. The van der Waals surface area contributed by atoms with E-state index in [1.165, 1.54) is 23.1 Å². The predicted octanol–water partition coefficient (Wildman–Crippen LogP) is 5.62. The molecule has 0 atom stereocenters. The summed E-state index contributed by atoms with van der Waals surface area (Å²) in [5.41, 5.74) is 2.35. The molecule has 7 nitrogen and oxygen atoms in total. The first kappa shape index (κ1) is 22.6. The molecule has 32 heavy (non-hydrogen) atoms. The molecule has 0 radical (unpaired) electrons. The number of rotatable bonds is 8. The highest BCUT2D eigenvalue weighted by Crippen LogP contribution is 2.32. The van der Waals surface area contributed by atoms with Gasteiger partial charge in [-0.05, 0) is 42.7 Å². The average Bonchev–Trinajstić information content (AvgIpc) is 3.52. The number of carbonyl (C=O) groups is 1. The van der Waals surface area contributed by atoms with Crippen molar-refractivity contribution in [2.45, 2.75) is 31.7 Å². The third-order valence-electron chi connectivity index (χ3n) is 4.57. The number of halogens is 1. The van der Waals surface area contributed by atoms with Crippen LogP contribution >= 0.6 is 34.7 Å². The van der Waals surface area contributed by atoms with E-state index in [4.69, 9.17) is 16.0 Å². The highest BCUT2D eigenvalue weighted by Gasteiger charge is 2.20. The van der Waals surface area contributed by atoms with E-state index >= 15 is 0 Å². The zero-order chi connectivity index (χ0) is 22.7. The summed E-state index contributed by atoms with van der Waals surface area (Å²) in [5, 5.41) is 15.6. The van der Waals surface area contributed by atoms with Crippen LogP contribution in [0.5, 0.6) is 0 Å². The van der Waals surface area contributed by atoms with Crippen molar-refractivity contribution < 1.29 is 9.21 Å². The quantitative estimate of drug-likeness (QED) is 0.324. The second kappa shape index (κ2) is 9.89. The minimum Gasteiger partial charge on any atom is -0.461 e. The predicted molar refractivity (Wildman–Crippen MR) is 128 cm³/mol. The molecule has 0 aliphatic rings. The summed E-state index contributed by atoms with van der Waals surface area (Å²) in [6.45, 7) is 6.74. The van der Waals surface area contributed by atoms with Gasteiger partial charge in [0.1, 0.15) is 10.7 Å². The maximum absolute atomic E-state index is 12.3. The van der Waals surface area contributed by atoms with Gasteiger partial charge in [0.2, 0.25) is 5.82 Å². The second-order valence-electron chi connectivity index (χ2n) is 7.57.